The molecular weight excluding hydrogens is 244 g/mol. The lowest BCUT2D eigenvalue weighted by atomic mass is 9.75. The summed E-state index contributed by atoms with van der Waals surface area (Å²) in [4.78, 5) is 25.3. The molecule has 1 saturated heterocycles. The lowest BCUT2D eigenvalue weighted by Crippen LogP contribution is -2.54. The molecule has 5 nitrogen and oxygen atoms in total. The minimum absolute atomic E-state index is 0.000972. The molecule has 1 amide bonds. The summed E-state index contributed by atoms with van der Waals surface area (Å²) in [5.41, 5.74) is -0.410. The largest absolute Gasteiger partial charge is 0.480 e. The number of carboxylic acids is 1. The zero-order valence-corrected chi connectivity index (χ0v) is 12.2. The van der Waals surface area contributed by atoms with Crippen LogP contribution < -0.4 is 5.32 Å². The van der Waals surface area contributed by atoms with Crippen LogP contribution in [0.15, 0.2) is 0 Å². The van der Waals surface area contributed by atoms with Crippen molar-refractivity contribution in [3.05, 3.63) is 0 Å². The minimum atomic E-state index is -0.947. The molecule has 0 bridgehead atoms. The molecule has 0 spiro atoms. The SMILES string of the molecule is CCCC1(C(=O)N(CC(=O)O)C(C)C)CCCNC1. The Balaban J connectivity index is 2.92. The van der Waals surface area contributed by atoms with Crippen LogP contribution >= 0.6 is 0 Å². The maximum atomic E-state index is 12.8. The van der Waals surface area contributed by atoms with Crippen LogP contribution in [0, 0.1) is 5.41 Å². The third-order valence-corrected chi connectivity index (χ3v) is 3.84. The number of amides is 1. The van der Waals surface area contributed by atoms with E-state index in [9.17, 15) is 9.59 Å². The molecule has 0 aromatic heterocycles. The predicted molar refractivity (Wildman–Crippen MR) is 73.9 cm³/mol. The normalized spacial score (nSPS) is 23.4. The fraction of sp³-hybridized carbons (Fsp3) is 0.857. The van der Waals surface area contributed by atoms with Gasteiger partial charge in [-0.2, -0.15) is 0 Å². The lowest BCUT2D eigenvalue weighted by molar-refractivity contribution is -0.152. The van der Waals surface area contributed by atoms with E-state index in [1.165, 1.54) is 4.90 Å². The van der Waals surface area contributed by atoms with Crippen molar-refractivity contribution >= 4 is 11.9 Å². The summed E-state index contributed by atoms with van der Waals surface area (Å²) >= 11 is 0. The maximum Gasteiger partial charge on any atom is 0.323 e. The summed E-state index contributed by atoms with van der Waals surface area (Å²) in [6, 6.07) is -0.0840. The molecule has 0 aliphatic carbocycles. The third kappa shape index (κ3) is 3.93. The Morgan fingerprint density at radius 2 is 2.11 bits per heavy atom. The molecule has 1 unspecified atom stereocenters. The first-order valence-corrected chi connectivity index (χ1v) is 7.16. The van der Waals surface area contributed by atoms with E-state index in [0.717, 1.165) is 32.2 Å². The number of carbonyl (C=O) groups is 2. The number of rotatable bonds is 6. The quantitative estimate of drug-likeness (QED) is 0.767. The van der Waals surface area contributed by atoms with E-state index in [-0.39, 0.29) is 18.5 Å². The average molecular weight is 270 g/mol. The Hall–Kier alpha value is -1.10. The van der Waals surface area contributed by atoms with E-state index in [2.05, 4.69) is 12.2 Å². The molecule has 19 heavy (non-hydrogen) atoms. The zero-order chi connectivity index (χ0) is 14.5. The highest BCUT2D eigenvalue weighted by Gasteiger charge is 2.42. The Labute approximate surface area is 115 Å². The second-order valence-corrected chi connectivity index (χ2v) is 5.73. The van der Waals surface area contributed by atoms with Gasteiger partial charge in [0.15, 0.2) is 0 Å². The van der Waals surface area contributed by atoms with E-state index in [1.807, 2.05) is 13.8 Å². The van der Waals surface area contributed by atoms with Crippen molar-refractivity contribution in [3.63, 3.8) is 0 Å². The standard InChI is InChI=1S/C14H26N2O3/c1-4-6-14(7-5-8-15-10-14)13(19)16(11(2)3)9-12(17)18/h11,15H,4-10H2,1-3H3,(H,17,18). The fourth-order valence-electron chi connectivity index (χ4n) is 2.89. The number of aliphatic carboxylic acids is 1. The van der Waals surface area contributed by atoms with Gasteiger partial charge in [-0.15, -0.1) is 0 Å². The van der Waals surface area contributed by atoms with E-state index in [4.69, 9.17) is 5.11 Å². The molecule has 0 radical (unpaired) electrons. The molecule has 1 fully saturated rings. The molecule has 1 atom stereocenters. The van der Waals surface area contributed by atoms with E-state index in [1.54, 1.807) is 0 Å². The predicted octanol–water partition coefficient (Wildman–Crippen LogP) is 1.48. The van der Waals surface area contributed by atoms with Crippen molar-refractivity contribution in [2.75, 3.05) is 19.6 Å². The summed E-state index contributed by atoms with van der Waals surface area (Å²) in [6.45, 7) is 7.22. The molecule has 0 aromatic carbocycles. The zero-order valence-electron chi connectivity index (χ0n) is 12.2. The van der Waals surface area contributed by atoms with Crippen LogP contribution in [0.5, 0.6) is 0 Å². The Kier molecular flexibility index (Phi) is 5.79. The molecule has 1 aliphatic heterocycles. The minimum Gasteiger partial charge on any atom is -0.480 e. The fourth-order valence-corrected chi connectivity index (χ4v) is 2.89. The molecule has 1 heterocycles. The monoisotopic (exact) mass is 270 g/mol. The summed E-state index contributed by atoms with van der Waals surface area (Å²) in [6.07, 6.45) is 3.59. The van der Waals surface area contributed by atoms with Gasteiger partial charge in [0.2, 0.25) is 5.91 Å². The van der Waals surface area contributed by atoms with Gasteiger partial charge < -0.3 is 15.3 Å². The number of nitrogens with one attached hydrogen (secondary N) is 1. The van der Waals surface area contributed by atoms with E-state index < -0.39 is 11.4 Å². The highest BCUT2D eigenvalue weighted by molar-refractivity contribution is 5.86. The van der Waals surface area contributed by atoms with Gasteiger partial charge in [0.25, 0.3) is 0 Å². The topological polar surface area (TPSA) is 69.6 Å². The first-order valence-electron chi connectivity index (χ1n) is 7.16. The van der Waals surface area contributed by atoms with Gasteiger partial charge in [0, 0.05) is 12.6 Å². The van der Waals surface area contributed by atoms with Crippen LogP contribution in [0.25, 0.3) is 0 Å². The first kappa shape index (κ1) is 16.0. The molecule has 2 N–H and O–H groups in total. The number of hydrogen-bond acceptors (Lipinski definition) is 3. The van der Waals surface area contributed by atoms with Crippen LogP contribution in [0.3, 0.4) is 0 Å². The highest BCUT2D eigenvalue weighted by Crippen LogP contribution is 2.34. The lowest BCUT2D eigenvalue weighted by Gasteiger charge is -2.41. The van der Waals surface area contributed by atoms with Gasteiger partial charge in [0.05, 0.1) is 5.41 Å². The summed E-state index contributed by atoms with van der Waals surface area (Å²) < 4.78 is 0. The van der Waals surface area contributed by atoms with Gasteiger partial charge in [-0.25, -0.2) is 0 Å². The number of nitrogens with zero attached hydrogens (tertiary/aromatic N) is 1. The van der Waals surface area contributed by atoms with Gasteiger partial charge in [-0.3, -0.25) is 9.59 Å². The van der Waals surface area contributed by atoms with Gasteiger partial charge in [0.1, 0.15) is 6.54 Å². The third-order valence-electron chi connectivity index (χ3n) is 3.84. The average Bonchev–Trinajstić information content (AvgIpc) is 2.36. The molecular formula is C14H26N2O3. The van der Waals surface area contributed by atoms with Gasteiger partial charge in [-0.1, -0.05) is 13.3 Å². The number of carbonyl (C=O) groups excluding carboxylic acids is 1. The second kappa shape index (κ2) is 6.89. The van der Waals surface area contributed by atoms with Crippen molar-refractivity contribution in [1.82, 2.24) is 10.2 Å². The number of piperidine rings is 1. The van der Waals surface area contributed by atoms with Crippen LogP contribution in [-0.2, 0) is 9.59 Å². The summed E-state index contributed by atoms with van der Waals surface area (Å²) in [5, 5.41) is 12.3. The Morgan fingerprint density at radius 1 is 1.42 bits per heavy atom. The van der Waals surface area contributed by atoms with Crippen LogP contribution in [0.2, 0.25) is 0 Å². The number of hydrogen-bond donors (Lipinski definition) is 2. The van der Waals surface area contributed by atoms with Crippen LogP contribution in [0.1, 0.15) is 46.5 Å². The Bertz CT molecular complexity index is 317. The van der Waals surface area contributed by atoms with Crippen LogP contribution in [-0.4, -0.2) is 47.6 Å². The van der Waals surface area contributed by atoms with Crippen molar-refractivity contribution in [3.8, 4) is 0 Å². The van der Waals surface area contributed by atoms with Crippen molar-refractivity contribution < 1.29 is 14.7 Å². The Morgan fingerprint density at radius 3 is 2.53 bits per heavy atom. The molecule has 0 saturated carbocycles. The molecule has 5 heteroatoms. The van der Waals surface area contributed by atoms with E-state index in [0.29, 0.717) is 6.54 Å². The van der Waals surface area contributed by atoms with Gasteiger partial charge in [-0.05, 0) is 39.7 Å². The summed E-state index contributed by atoms with van der Waals surface area (Å²) in [7, 11) is 0. The van der Waals surface area contributed by atoms with Crippen LogP contribution in [0.4, 0.5) is 0 Å². The molecule has 110 valence electrons. The summed E-state index contributed by atoms with van der Waals surface area (Å²) in [5.74, 6) is -0.948. The van der Waals surface area contributed by atoms with Crippen molar-refractivity contribution in [2.45, 2.75) is 52.5 Å². The molecule has 1 aliphatic rings. The highest BCUT2D eigenvalue weighted by atomic mass is 16.4. The van der Waals surface area contributed by atoms with Crippen molar-refractivity contribution in [1.29, 1.82) is 0 Å². The van der Waals surface area contributed by atoms with E-state index >= 15 is 0 Å². The molecule has 1 rings (SSSR count). The smallest absolute Gasteiger partial charge is 0.323 e. The van der Waals surface area contributed by atoms with Gasteiger partial charge >= 0.3 is 5.97 Å². The first-order chi connectivity index (χ1) is 8.93. The molecule has 0 aromatic rings. The van der Waals surface area contributed by atoms with Crippen molar-refractivity contribution in [2.24, 2.45) is 5.41 Å². The second-order valence-electron chi connectivity index (χ2n) is 5.73. The number of carboxylic acid groups (broad SMARTS) is 1. The maximum absolute atomic E-state index is 12.8.